The molecule has 1 rings (SSSR count). The summed E-state index contributed by atoms with van der Waals surface area (Å²) in [5.74, 6) is -0.416. The van der Waals surface area contributed by atoms with E-state index in [-0.39, 0.29) is 0 Å². The Labute approximate surface area is 101 Å². The fourth-order valence-electron chi connectivity index (χ4n) is 1.000. The van der Waals surface area contributed by atoms with Gasteiger partial charge in [-0.05, 0) is 18.1 Å². The standard InChI is InChI=1S/C9H8BrCl2NO/c10-6(9(13)14)4-5-2-1-3-7(11)8(5)12/h1-3,6H,4H2,(H2,13,14). The Morgan fingerprint density at radius 2 is 2.14 bits per heavy atom. The molecule has 0 aromatic heterocycles. The third kappa shape index (κ3) is 2.87. The average molecular weight is 297 g/mol. The predicted octanol–water partition coefficient (Wildman–Crippen LogP) is 2.78. The van der Waals surface area contributed by atoms with Crippen LogP contribution >= 0.6 is 39.1 Å². The average Bonchev–Trinajstić information content (AvgIpc) is 2.12. The molecule has 1 unspecified atom stereocenters. The minimum absolute atomic E-state index is 0.416. The van der Waals surface area contributed by atoms with E-state index in [0.717, 1.165) is 5.56 Å². The molecule has 0 aliphatic heterocycles. The van der Waals surface area contributed by atoms with Gasteiger partial charge in [-0.2, -0.15) is 0 Å². The second kappa shape index (κ2) is 5.01. The van der Waals surface area contributed by atoms with Crippen molar-refractivity contribution < 1.29 is 4.79 Å². The molecule has 0 heterocycles. The maximum Gasteiger partial charge on any atom is 0.231 e. The van der Waals surface area contributed by atoms with Crippen LogP contribution in [0.1, 0.15) is 5.56 Å². The first-order valence-corrected chi connectivity index (χ1v) is 5.56. The van der Waals surface area contributed by atoms with Crippen molar-refractivity contribution in [2.75, 3.05) is 0 Å². The van der Waals surface area contributed by atoms with E-state index in [2.05, 4.69) is 15.9 Å². The van der Waals surface area contributed by atoms with Gasteiger partial charge in [0.1, 0.15) is 0 Å². The van der Waals surface area contributed by atoms with E-state index in [1.807, 2.05) is 6.07 Å². The Bertz CT molecular complexity index is 357. The Morgan fingerprint density at radius 3 is 2.71 bits per heavy atom. The number of alkyl halides is 1. The fraction of sp³-hybridized carbons (Fsp3) is 0.222. The molecular weight excluding hydrogens is 289 g/mol. The molecule has 0 aliphatic carbocycles. The Morgan fingerprint density at radius 1 is 1.50 bits per heavy atom. The molecule has 0 fully saturated rings. The Hall–Kier alpha value is -0.250. The zero-order valence-corrected chi connectivity index (χ0v) is 10.2. The van der Waals surface area contributed by atoms with E-state index in [4.69, 9.17) is 28.9 Å². The summed E-state index contributed by atoms with van der Waals surface area (Å²) in [6.07, 6.45) is 0.439. The highest BCUT2D eigenvalue weighted by molar-refractivity contribution is 9.10. The van der Waals surface area contributed by atoms with Gasteiger partial charge in [0.2, 0.25) is 5.91 Å². The van der Waals surface area contributed by atoms with Gasteiger partial charge in [0.05, 0.1) is 14.9 Å². The number of nitrogens with two attached hydrogens (primary N) is 1. The molecule has 1 atom stereocenters. The molecule has 0 saturated heterocycles. The van der Waals surface area contributed by atoms with Gasteiger partial charge in [-0.15, -0.1) is 0 Å². The number of carbonyl (C=O) groups is 1. The van der Waals surface area contributed by atoms with E-state index >= 15 is 0 Å². The summed E-state index contributed by atoms with van der Waals surface area (Å²) < 4.78 is 0. The minimum atomic E-state index is -0.418. The number of hydrogen-bond acceptors (Lipinski definition) is 1. The largest absolute Gasteiger partial charge is 0.369 e. The van der Waals surface area contributed by atoms with Crippen molar-refractivity contribution in [1.29, 1.82) is 0 Å². The number of rotatable bonds is 3. The molecule has 1 aromatic carbocycles. The zero-order chi connectivity index (χ0) is 10.7. The smallest absolute Gasteiger partial charge is 0.231 e. The number of hydrogen-bond donors (Lipinski definition) is 1. The molecule has 0 saturated carbocycles. The molecule has 1 aromatic rings. The maximum absolute atomic E-state index is 10.8. The van der Waals surface area contributed by atoms with Crippen molar-refractivity contribution in [3.63, 3.8) is 0 Å². The number of halogens is 3. The summed E-state index contributed by atoms with van der Waals surface area (Å²) in [4.78, 5) is 10.4. The molecule has 76 valence electrons. The van der Waals surface area contributed by atoms with Crippen molar-refractivity contribution in [2.45, 2.75) is 11.2 Å². The summed E-state index contributed by atoms with van der Waals surface area (Å²) in [6, 6.07) is 5.29. The normalized spacial score (nSPS) is 12.5. The van der Waals surface area contributed by atoms with E-state index in [1.54, 1.807) is 12.1 Å². The number of carbonyl (C=O) groups excluding carboxylic acids is 1. The molecule has 14 heavy (non-hydrogen) atoms. The minimum Gasteiger partial charge on any atom is -0.369 e. The van der Waals surface area contributed by atoms with Crippen LogP contribution in [0.2, 0.25) is 10.0 Å². The first-order chi connectivity index (χ1) is 6.52. The SMILES string of the molecule is NC(=O)C(Br)Cc1cccc(Cl)c1Cl. The van der Waals surface area contributed by atoms with Gasteiger partial charge >= 0.3 is 0 Å². The first-order valence-electron chi connectivity index (χ1n) is 3.88. The second-order valence-corrected chi connectivity index (χ2v) is 4.68. The Kier molecular flexibility index (Phi) is 4.23. The van der Waals surface area contributed by atoms with E-state index in [1.165, 1.54) is 0 Å². The molecule has 2 N–H and O–H groups in total. The van der Waals surface area contributed by atoms with Crippen LogP contribution in [0.4, 0.5) is 0 Å². The summed E-state index contributed by atoms with van der Waals surface area (Å²) in [7, 11) is 0. The topological polar surface area (TPSA) is 43.1 Å². The van der Waals surface area contributed by atoms with E-state index in [9.17, 15) is 4.79 Å². The van der Waals surface area contributed by atoms with Crippen LogP contribution in [0.3, 0.4) is 0 Å². The summed E-state index contributed by atoms with van der Waals surface area (Å²) >= 11 is 14.9. The number of amides is 1. The van der Waals surface area contributed by atoms with Crippen molar-refractivity contribution in [1.82, 2.24) is 0 Å². The molecule has 1 amide bonds. The van der Waals surface area contributed by atoms with Gasteiger partial charge in [-0.3, -0.25) is 4.79 Å². The second-order valence-electron chi connectivity index (χ2n) is 2.79. The summed E-state index contributed by atoms with van der Waals surface area (Å²) in [5, 5.41) is 0.952. The molecule has 0 spiro atoms. The van der Waals surface area contributed by atoms with Gasteiger partial charge in [0.25, 0.3) is 0 Å². The lowest BCUT2D eigenvalue weighted by molar-refractivity contribution is -0.117. The van der Waals surface area contributed by atoms with Crippen LogP contribution in [0.5, 0.6) is 0 Å². The molecular formula is C9H8BrCl2NO. The van der Waals surface area contributed by atoms with Crippen LogP contribution < -0.4 is 5.73 Å². The highest BCUT2D eigenvalue weighted by Gasteiger charge is 2.14. The van der Waals surface area contributed by atoms with Crippen LogP contribution in [-0.2, 0) is 11.2 Å². The molecule has 0 radical (unpaired) electrons. The fourth-order valence-corrected chi connectivity index (χ4v) is 1.75. The van der Waals surface area contributed by atoms with Gasteiger partial charge in [-0.1, -0.05) is 51.3 Å². The van der Waals surface area contributed by atoms with Gasteiger partial charge in [0, 0.05) is 0 Å². The quantitative estimate of drug-likeness (QED) is 0.857. The van der Waals surface area contributed by atoms with Gasteiger partial charge in [-0.25, -0.2) is 0 Å². The van der Waals surface area contributed by atoms with E-state index in [0.29, 0.717) is 16.5 Å². The number of benzene rings is 1. The van der Waals surface area contributed by atoms with Gasteiger partial charge in [0.15, 0.2) is 0 Å². The van der Waals surface area contributed by atoms with Crippen molar-refractivity contribution in [2.24, 2.45) is 5.73 Å². The number of primary amides is 1. The monoisotopic (exact) mass is 295 g/mol. The highest BCUT2D eigenvalue weighted by Crippen LogP contribution is 2.27. The third-order valence-corrected chi connectivity index (χ3v) is 3.37. The van der Waals surface area contributed by atoms with Crippen molar-refractivity contribution in [3.8, 4) is 0 Å². The lowest BCUT2D eigenvalue weighted by Gasteiger charge is -2.08. The molecule has 0 bridgehead atoms. The van der Waals surface area contributed by atoms with Crippen LogP contribution in [0.15, 0.2) is 18.2 Å². The molecule has 0 aliphatic rings. The zero-order valence-electron chi connectivity index (χ0n) is 7.14. The van der Waals surface area contributed by atoms with Crippen LogP contribution in [-0.4, -0.2) is 10.7 Å². The lowest BCUT2D eigenvalue weighted by Crippen LogP contribution is -2.25. The summed E-state index contributed by atoms with van der Waals surface area (Å²) in [5.41, 5.74) is 5.92. The van der Waals surface area contributed by atoms with E-state index < -0.39 is 10.7 Å². The maximum atomic E-state index is 10.8. The van der Waals surface area contributed by atoms with Crippen LogP contribution in [0.25, 0.3) is 0 Å². The van der Waals surface area contributed by atoms with Crippen molar-refractivity contribution in [3.05, 3.63) is 33.8 Å². The third-order valence-electron chi connectivity index (χ3n) is 1.74. The van der Waals surface area contributed by atoms with Gasteiger partial charge < -0.3 is 5.73 Å². The molecule has 2 nitrogen and oxygen atoms in total. The molecule has 5 heteroatoms. The lowest BCUT2D eigenvalue weighted by atomic mass is 10.1. The summed E-state index contributed by atoms with van der Waals surface area (Å²) in [6.45, 7) is 0. The van der Waals surface area contributed by atoms with Crippen molar-refractivity contribution >= 4 is 45.0 Å². The van der Waals surface area contributed by atoms with Crippen LogP contribution in [0, 0.1) is 0 Å². The predicted molar refractivity (Wildman–Crippen MR) is 62.1 cm³/mol. The highest BCUT2D eigenvalue weighted by atomic mass is 79.9. The Balaban J connectivity index is 2.87. The first kappa shape index (κ1) is 11.8.